The van der Waals surface area contributed by atoms with Gasteiger partial charge < -0.3 is 10.2 Å². The molecule has 2 unspecified atom stereocenters. The van der Waals surface area contributed by atoms with Gasteiger partial charge in [0, 0.05) is 18.6 Å². The first-order chi connectivity index (χ1) is 9.58. The average molecular weight is 274 g/mol. The molecule has 1 aromatic carbocycles. The molecule has 0 aliphatic heterocycles. The van der Waals surface area contributed by atoms with Crippen molar-refractivity contribution in [2.24, 2.45) is 5.92 Å². The number of hydrogen-bond donors (Lipinski definition) is 1. The van der Waals surface area contributed by atoms with Gasteiger partial charge in [0.25, 0.3) is 0 Å². The molecule has 2 heteroatoms. The second-order valence-electron chi connectivity index (χ2n) is 6.80. The van der Waals surface area contributed by atoms with Crippen molar-refractivity contribution in [2.45, 2.75) is 51.6 Å². The largest absolute Gasteiger partial charge is 0.308 e. The summed E-state index contributed by atoms with van der Waals surface area (Å²) in [6, 6.07) is 10.1. The van der Waals surface area contributed by atoms with E-state index in [1.54, 1.807) is 5.56 Å². The van der Waals surface area contributed by atoms with Gasteiger partial charge >= 0.3 is 0 Å². The van der Waals surface area contributed by atoms with Crippen LogP contribution < -0.4 is 5.32 Å². The molecule has 0 amide bonds. The molecule has 2 rings (SSSR count). The van der Waals surface area contributed by atoms with Gasteiger partial charge in [-0.15, -0.1) is 0 Å². The molecular formula is C18H30N2. The second-order valence-corrected chi connectivity index (χ2v) is 6.80. The maximum Gasteiger partial charge on any atom is 0.0323 e. The summed E-state index contributed by atoms with van der Waals surface area (Å²) in [5, 5.41) is 3.82. The summed E-state index contributed by atoms with van der Waals surface area (Å²) in [6.45, 7) is 5.71. The fourth-order valence-electron chi connectivity index (χ4n) is 3.27. The molecule has 0 bridgehead atoms. The Bertz CT molecular complexity index is 412. The molecule has 0 saturated heterocycles. The lowest BCUT2D eigenvalue weighted by atomic mass is 9.87. The Balaban J connectivity index is 1.97. The summed E-state index contributed by atoms with van der Waals surface area (Å²) in [5.41, 5.74) is 3.07. The summed E-state index contributed by atoms with van der Waals surface area (Å²) >= 11 is 0. The van der Waals surface area contributed by atoms with Crippen LogP contribution in [-0.4, -0.2) is 31.6 Å². The zero-order valence-corrected chi connectivity index (χ0v) is 13.5. The Labute approximate surface area is 124 Å². The lowest BCUT2D eigenvalue weighted by molar-refractivity contribution is 0.237. The Kier molecular flexibility index (Phi) is 5.62. The molecule has 2 atom stereocenters. The van der Waals surface area contributed by atoms with Gasteiger partial charge in [-0.2, -0.15) is 0 Å². The highest BCUT2D eigenvalue weighted by Gasteiger charge is 2.21. The standard InChI is InChI=1S/C18H30N2/c1-14(2)12-16(20(3)4)13-19-18-11-7-9-15-8-5-6-10-17(15)18/h5-6,8,10,14,16,18-19H,7,9,11-13H2,1-4H3. The van der Waals surface area contributed by atoms with Crippen LogP contribution in [0.15, 0.2) is 24.3 Å². The first-order valence-electron chi connectivity index (χ1n) is 8.05. The van der Waals surface area contributed by atoms with Gasteiger partial charge in [0.2, 0.25) is 0 Å². The van der Waals surface area contributed by atoms with E-state index in [-0.39, 0.29) is 0 Å². The third-order valence-corrected chi connectivity index (χ3v) is 4.44. The van der Waals surface area contributed by atoms with Gasteiger partial charge in [-0.25, -0.2) is 0 Å². The minimum Gasteiger partial charge on any atom is -0.308 e. The Hall–Kier alpha value is -0.860. The Morgan fingerprint density at radius 2 is 2.00 bits per heavy atom. The number of aryl methyl sites for hydroxylation is 1. The van der Waals surface area contributed by atoms with E-state index >= 15 is 0 Å². The number of fused-ring (bicyclic) bond motifs is 1. The lowest BCUT2D eigenvalue weighted by Crippen LogP contribution is -2.40. The molecular weight excluding hydrogens is 244 g/mol. The van der Waals surface area contributed by atoms with E-state index in [1.807, 2.05) is 0 Å². The van der Waals surface area contributed by atoms with Crippen molar-refractivity contribution in [1.82, 2.24) is 10.2 Å². The van der Waals surface area contributed by atoms with Gasteiger partial charge in [-0.05, 0) is 56.8 Å². The molecule has 112 valence electrons. The van der Waals surface area contributed by atoms with Crippen LogP contribution in [0.25, 0.3) is 0 Å². The fourth-order valence-corrected chi connectivity index (χ4v) is 3.27. The van der Waals surface area contributed by atoms with Crippen molar-refractivity contribution >= 4 is 0 Å². The molecule has 0 saturated carbocycles. The van der Waals surface area contributed by atoms with Crippen LogP contribution in [0.3, 0.4) is 0 Å². The third kappa shape index (κ3) is 4.07. The number of nitrogens with one attached hydrogen (secondary N) is 1. The summed E-state index contributed by atoms with van der Waals surface area (Å²) in [4.78, 5) is 2.36. The number of rotatable bonds is 6. The van der Waals surface area contributed by atoms with Crippen molar-refractivity contribution in [2.75, 3.05) is 20.6 Å². The summed E-state index contributed by atoms with van der Waals surface area (Å²) in [7, 11) is 4.40. The molecule has 1 aliphatic carbocycles. The van der Waals surface area contributed by atoms with Gasteiger partial charge in [-0.3, -0.25) is 0 Å². The van der Waals surface area contributed by atoms with Crippen molar-refractivity contribution in [3.05, 3.63) is 35.4 Å². The summed E-state index contributed by atoms with van der Waals surface area (Å²) in [5.74, 6) is 0.753. The van der Waals surface area contributed by atoms with Crippen molar-refractivity contribution in [1.29, 1.82) is 0 Å². The molecule has 0 radical (unpaired) electrons. The van der Waals surface area contributed by atoms with Gasteiger partial charge in [-0.1, -0.05) is 38.1 Å². The predicted molar refractivity (Wildman–Crippen MR) is 87.1 cm³/mol. The van der Waals surface area contributed by atoms with Gasteiger partial charge in [0.1, 0.15) is 0 Å². The van der Waals surface area contributed by atoms with Crippen molar-refractivity contribution < 1.29 is 0 Å². The highest BCUT2D eigenvalue weighted by molar-refractivity contribution is 5.32. The van der Waals surface area contributed by atoms with E-state index < -0.39 is 0 Å². The maximum atomic E-state index is 3.82. The fraction of sp³-hybridized carbons (Fsp3) is 0.667. The molecule has 1 aliphatic rings. The lowest BCUT2D eigenvalue weighted by Gasteiger charge is -2.31. The summed E-state index contributed by atoms with van der Waals surface area (Å²) in [6.07, 6.45) is 5.09. The Morgan fingerprint density at radius 1 is 1.25 bits per heavy atom. The van der Waals surface area contributed by atoms with E-state index in [1.165, 1.54) is 31.2 Å². The second kappa shape index (κ2) is 7.24. The SMILES string of the molecule is CC(C)CC(CNC1CCCc2ccccc21)N(C)C. The van der Waals surface area contributed by atoms with Gasteiger partial charge in [0.05, 0.1) is 0 Å². The summed E-state index contributed by atoms with van der Waals surface area (Å²) < 4.78 is 0. The molecule has 2 nitrogen and oxygen atoms in total. The quantitative estimate of drug-likeness (QED) is 0.852. The highest BCUT2D eigenvalue weighted by atomic mass is 15.1. The monoisotopic (exact) mass is 274 g/mol. The van der Waals surface area contributed by atoms with Gasteiger partial charge in [0.15, 0.2) is 0 Å². The van der Waals surface area contributed by atoms with E-state index in [2.05, 4.69) is 62.4 Å². The molecule has 1 N–H and O–H groups in total. The number of benzene rings is 1. The van der Waals surface area contributed by atoms with Crippen LogP contribution in [0.1, 0.15) is 50.3 Å². The van der Waals surface area contributed by atoms with Crippen LogP contribution in [0.4, 0.5) is 0 Å². The third-order valence-electron chi connectivity index (χ3n) is 4.44. The van der Waals surface area contributed by atoms with Crippen LogP contribution >= 0.6 is 0 Å². The first kappa shape index (κ1) is 15.5. The van der Waals surface area contributed by atoms with E-state index in [4.69, 9.17) is 0 Å². The maximum absolute atomic E-state index is 3.82. The van der Waals surface area contributed by atoms with E-state index in [9.17, 15) is 0 Å². The number of likely N-dealkylation sites (N-methyl/N-ethyl adjacent to an activating group) is 1. The van der Waals surface area contributed by atoms with Crippen LogP contribution in [0.5, 0.6) is 0 Å². The number of hydrogen-bond acceptors (Lipinski definition) is 2. The van der Waals surface area contributed by atoms with E-state index in [0.717, 1.165) is 12.5 Å². The van der Waals surface area contributed by atoms with Crippen molar-refractivity contribution in [3.8, 4) is 0 Å². The highest BCUT2D eigenvalue weighted by Crippen LogP contribution is 2.29. The minimum absolute atomic E-state index is 0.551. The molecule has 0 aromatic heterocycles. The number of nitrogens with zero attached hydrogens (tertiary/aromatic N) is 1. The molecule has 0 heterocycles. The normalized spacial score (nSPS) is 20.2. The van der Waals surface area contributed by atoms with Crippen LogP contribution in [0.2, 0.25) is 0 Å². The topological polar surface area (TPSA) is 15.3 Å². The van der Waals surface area contributed by atoms with Crippen LogP contribution in [-0.2, 0) is 6.42 Å². The zero-order chi connectivity index (χ0) is 14.5. The molecule has 0 fully saturated rings. The average Bonchev–Trinajstić information content (AvgIpc) is 2.42. The minimum atomic E-state index is 0.551. The smallest absolute Gasteiger partial charge is 0.0323 e. The van der Waals surface area contributed by atoms with Crippen LogP contribution in [0, 0.1) is 5.92 Å². The molecule has 20 heavy (non-hydrogen) atoms. The van der Waals surface area contributed by atoms with E-state index in [0.29, 0.717) is 12.1 Å². The zero-order valence-electron chi connectivity index (χ0n) is 13.5. The Morgan fingerprint density at radius 3 is 2.70 bits per heavy atom. The first-order valence-corrected chi connectivity index (χ1v) is 8.05. The van der Waals surface area contributed by atoms with Crippen molar-refractivity contribution in [3.63, 3.8) is 0 Å². The predicted octanol–water partition coefficient (Wildman–Crippen LogP) is 3.63. The molecule has 0 spiro atoms. The molecule has 1 aromatic rings.